The summed E-state index contributed by atoms with van der Waals surface area (Å²) in [6.45, 7) is 14.5. The summed E-state index contributed by atoms with van der Waals surface area (Å²) in [6.07, 6.45) is 10.4. The van der Waals surface area contributed by atoms with E-state index in [1.807, 2.05) is 0 Å². The fourth-order valence-corrected chi connectivity index (χ4v) is 4.83. The molecule has 2 saturated carbocycles. The van der Waals surface area contributed by atoms with Crippen LogP contribution in [0.3, 0.4) is 0 Å². The Labute approximate surface area is 133 Å². The maximum Gasteiger partial charge on any atom is -0.00176 e. The highest BCUT2D eigenvalue weighted by Gasteiger charge is 2.39. The smallest absolute Gasteiger partial charge is 0.00176 e. The van der Waals surface area contributed by atoms with E-state index in [4.69, 9.17) is 0 Å². The van der Waals surface area contributed by atoms with Crippen molar-refractivity contribution in [3.8, 4) is 0 Å². The summed E-state index contributed by atoms with van der Waals surface area (Å²) >= 11 is 0. The molecule has 0 aromatic heterocycles. The lowest BCUT2D eigenvalue weighted by Gasteiger charge is -2.44. The lowest BCUT2D eigenvalue weighted by atomic mass is 9.62. The van der Waals surface area contributed by atoms with Crippen molar-refractivity contribution >= 4 is 0 Å². The van der Waals surface area contributed by atoms with Gasteiger partial charge in [-0.05, 0) is 67.4 Å². The van der Waals surface area contributed by atoms with Gasteiger partial charge in [-0.2, -0.15) is 0 Å². The van der Waals surface area contributed by atoms with Crippen molar-refractivity contribution in [1.82, 2.24) is 5.32 Å². The van der Waals surface area contributed by atoms with E-state index in [0.29, 0.717) is 5.41 Å². The third-order valence-electron chi connectivity index (χ3n) is 6.24. The van der Waals surface area contributed by atoms with E-state index in [1.54, 1.807) is 0 Å². The van der Waals surface area contributed by atoms with E-state index in [0.717, 1.165) is 29.6 Å². The van der Waals surface area contributed by atoms with Crippen LogP contribution in [0.25, 0.3) is 0 Å². The Morgan fingerprint density at radius 3 is 2.24 bits per heavy atom. The molecular weight excluding hydrogens is 254 g/mol. The summed E-state index contributed by atoms with van der Waals surface area (Å²) in [5.41, 5.74) is 0.507. The van der Waals surface area contributed by atoms with E-state index in [-0.39, 0.29) is 0 Å². The fraction of sp³-hybridized carbons (Fsp3) is 1.00. The summed E-state index contributed by atoms with van der Waals surface area (Å²) in [4.78, 5) is 0. The summed E-state index contributed by atoms with van der Waals surface area (Å²) < 4.78 is 0. The molecule has 0 saturated heterocycles. The van der Waals surface area contributed by atoms with Gasteiger partial charge in [0, 0.05) is 0 Å². The first kappa shape index (κ1) is 17.3. The van der Waals surface area contributed by atoms with Gasteiger partial charge in [0.25, 0.3) is 0 Å². The Kier molecular flexibility index (Phi) is 6.17. The van der Waals surface area contributed by atoms with Crippen LogP contribution in [0.5, 0.6) is 0 Å². The van der Waals surface area contributed by atoms with Crippen molar-refractivity contribution in [2.45, 2.75) is 79.6 Å². The minimum Gasteiger partial charge on any atom is -0.316 e. The van der Waals surface area contributed by atoms with Gasteiger partial charge < -0.3 is 5.32 Å². The van der Waals surface area contributed by atoms with Gasteiger partial charge in [-0.3, -0.25) is 0 Å². The molecular formula is C20H39N. The highest BCUT2D eigenvalue weighted by atomic mass is 14.9. The Bertz CT molecular complexity index is 295. The molecule has 0 heterocycles. The quantitative estimate of drug-likeness (QED) is 0.705. The van der Waals surface area contributed by atoms with E-state index >= 15 is 0 Å². The van der Waals surface area contributed by atoms with Gasteiger partial charge >= 0.3 is 0 Å². The average molecular weight is 294 g/mol. The Hall–Kier alpha value is -0.0400. The molecule has 3 unspecified atom stereocenters. The monoisotopic (exact) mass is 293 g/mol. The molecule has 2 fully saturated rings. The molecule has 1 nitrogen and oxygen atoms in total. The van der Waals surface area contributed by atoms with Gasteiger partial charge in [0.2, 0.25) is 0 Å². The van der Waals surface area contributed by atoms with Crippen molar-refractivity contribution < 1.29 is 0 Å². The molecule has 0 spiro atoms. The maximum absolute atomic E-state index is 3.76. The number of nitrogens with one attached hydrogen (secondary N) is 1. The molecule has 0 aromatic rings. The van der Waals surface area contributed by atoms with E-state index < -0.39 is 0 Å². The number of hydrogen-bond acceptors (Lipinski definition) is 1. The summed E-state index contributed by atoms with van der Waals surface area (Å²) in [5, 5.41) is 3.76. The zero-order valence-electron chi connectivity index (χ0n) is 15.3. The molecule has 124 valence electrons. The summed E-state index contributed by atoms with van der Waals surface area (Å²) in [5.74, 6) is 4.72. The minimum absolute atomic E-state index is 0.507. The van der Waals surface area contributed by atoms with Crippen LogP contribution in [0.1, 0.15) is 79.6 Å². The Balaban J connectivity index is 1.95. The summed E-state index contributed by atoms with van der Waals surface area (Å²) in [6, 6.07) is 0. The first-order valence-electron chi connectivity index (χ1n) is 9.58. The molecule has 2 rings (SSSR count). The van der Waals surface area contributed by atoms with Crippen molar-refractivity contribution in [2.75, 3.05) is 13.1 Å². The van der Waals surface area contributed by atoms with Crippen molar-refractivity contribution in [3.63, 3.8) is 0 Å². The second kappa shape index (κ2) is 7.49. The Morgan fingerprint density at radius 2 is 1.67 bits per heavy atom. The fourth-order valence-electron chi connectivity index (χ4n) is 4.83. The SMILES string of the molecule is CC(C)CNCC1CCC(C(C)(C)C)CC1C1CCCC1. The average Bonchev–Trinajstić information content (AvgIpc) is 2.91. The molecule has 0 amide bonds. The third kappa shape index (κ3) is 4.98. The molecule has 0 bridgehead atoms. The normalized spacial score (nSPS) is 32.0. The van der Waals surface area contributed by atoms with Crippen LogP contribution in [0.4, 0.5) is 0 Å². The lowest BCUT2D eigenvalue weighted by molar-refractivity contribution is 0.0646. The number of rotatable bonds is 5. The van der Waals surface area contributed by atoms with Gasteiger partial charge in [0.05, 0.1) is 0 Å². The number of hydrogen-bond donors (Lipinski definition) is 1. The van der Waals surface area contributed by atoms with Crippen LogP contribution in [-0.2, 0) is 0 Å². The summed E-state index contributed by atoms with van der Waals surface area (Å²) in [7, 11) is 0. The van der Waals surface area contributed by atoms with Gasteiger partial charge in [0.1, 0.15) is 0 Å². The molecule has 0 aliphatic heterocycles. The Morgan fingerprint density at radius 1 is 1.00 bits per heavy atom. The van der Waals surface area contributed by atoms with Crippen molar-refractivity contribution in [2.24, 2.45) is 35.0 Å². The van der Waals surface area contributed by atoms with Crippen LogP contribution in [0.2, 0.25) is 0 Å². The van der Waals surface area contributed by atoms with Gasteiger partial charge in [-0.1, -0.05) is 60.3 Å². The molecule has 21 heavy (non-hydrogen) atoms. The van der Waals surface area contributed by atoms with E-state index in [2.05, 4.69) is 39.9 Å². The predicted molar refractivity (Wildman–Crippen MR) is 93.4 cm³/mol. The van der Waals surface area contributed by atoms with Crippen LogP contribution in [0, 0.1) is 35.0 Å². The zero-order valence-corrected chi connectivity index (χ0v) is 15.3. The van der Waals surface area contributed by atoms with Gasteiger partial charge in [0.15, 0.2) is 0 Å². The van der Waals surface area contributed by atoms with Crippen LogP contribution >= 0.6 is 0 Å². The lowest BCUT2D eigenvalue weighted by Crippen LogP contribution is -2.40. The van der Waals surface area contributed by atoms with Crippen molar-refractivity contribution in [3.05, 3.63) is 0 Å². The molecule has 2 aliphatic rings. The van der Waals surface area contributed by atoms with Crippen molar-refractivity contribution in [1.29, 1.82) is 0 Å². The van der Waals surface area contributed by atoms with Crippen LogP contribution < -0.4 is 5.32 Å². The van der Waals surface area contributed by atoms with Gasteiger partial charge in [-0.25, -0.2) is 0 Å². The maximum atomic E-state index is 3.76. The predicted octanol–water partition coefficient (Wildman–Crippen LogP) is 5.50. The molecule has 3 atom stereocenters. The zero-order chi connectivity index (χ0) is 15.5. The minimum atomic E-state index is 0.507. The largest absolute Gasteiger partial charge is 0.316 e. The highest BCUT2D eigenvalue weighted by Crippen LogP contribution is 2.48. The molecule has 1 heteroatoms. The van der Waals surface area contributed by atoms with Gasteiger partial charge in [-0.15, -0.1) is 0 Å². The second-order valence-corrected chi connectivity index (χ2v) is 9.40. The first-order valence-corrected chi connectivity index (χ1v) is 9.58. The molecule has 0 radical (unpaired) electrons. The first-order chi connectivity index (χ1) is 9.88. The standard InChI is InChI=1S/C20H39N/c1-15(2)13-21-14-17-10-11-18(20(3,4)5)12-19(17)16-8-6-7-9-16/h15-19,21H,6-14H2,1-5H3. The molecule has 0 aromatic carbocycles. The van der Waals surface area contributed by atoms with E-state index in [9.17, 15) is 0 Å². The van der Waals surface area contributed by atoms with Crippen LogP contribution in [-0.4, -0.2) is 13.1 Å². The molecule has 2 aliphatic carbocycles. The highest BCUT2D eigenvalue weighted by molar-refractivity contribution is 4.90. The van der Waals surface area contributed by atoms with E-state index in [1.165, 1.54) is 58.0 Å². The second-order valence-electron chi connectivity index (χ2n) is 9.40. The van der Waals surface area contributed by atoms with Crippen LogP contribution in [0.15, 0.2) is 0 Å². The third-order valence-corrected chi connectivity index (χ3v) is 6.24. The topological polar surface area (TPSA) is 12.0 Å². The molecule has 1 N–H and O–H groups in total.